The fourth-order valence-electron chi connectivity index (χ4n) is 3.47. The molecule has 0 fully saturated rings. The lowest BCUT2D eigenvalue weighted by molar-refractivity contribution is 0.0769. The van der Waals surface area contributed by atoms with Crippen LogP contribution in [-0.4, -0.2) is 15.3 Å². The van der Waals surface area contributed by atoms with Gasteiger partial charge in [-0.3, -0.25) is 0 Å². The minimum Gasteiger partial charge on any atom is -0.450 e. The zero-order valence-electron chi connectivity index (χ0n) is 17.3. The number of hydrogen-bond donors (Lipinski definition) is 3. The second-order valence-corrected chi connectivity index (χ2v) is 9.97. The quantitative estimate of drug-likeness (QED) is 0.665. The highest BCUT2D eigenvalue weighted by Gasteiger charge is 2.31. The van der Waals surface area contributed by atoms with E-state index in [1.165, 1.54) is 18.2 Å². The Morgan fingerprint density at radius 1 is 1.31 bits per heavy atom. The van der Waals surface area contributed by atoms with Gasteiger partial charge in [0.25, 0.3) is 0 Å². The smallest absolute Gasteiger partial charge is 0.355 e. The van der Waals surface area contributed by atoms with Gasteiger partial charge >= 0.3 is 6.03 Å². The van der Waals surface area contributed by atoms with Gasteiger partial charge in [0.2, 0.25) is 5.09 Å². The average Bonchev–Trinajstić information content (AvgIpc) is 2.97. The predicted octanol–water partition coefficient (Wildman–Crippen LogP) is 4.72. The number of rotatable bonds is 3. The van der Waals surface area contributed by atoms with E-state index in [0.29, 0.717) is 28.1 Å². The van der Waals surface area contributed by atoms with Crippen molar-refractivity contribution in [3.05, 3.63) is 46.5 Å². The fraction of sp³-hybridized carbons (Fsp3) is 0.450. The molecule has 0 bridgehead atoms. The van der Waals surface area contributed by atoms with Gasteiger partial charge in [0.15, 0.2) is 9.92 Å². The molecule has 2 heterocycles. The van der Waals surface area contributed by atoms with Gasteiger partial charge in [0, 0.05) is 17.7 Å². The van der Waals surface area contributed by atoms with Crippen molar-refractivity contribution in [1.82, 2.24) is 4.72 Å². The average molecular weight is 424 g/mol. The van der Waals surface area contributed by atoms with Crippen molar-refractivity contribution in [2.75, 3.05) is 5.32 Å². The number of fused-ring (bicyclic) bond motifs is 1. The lowest BCUT2D eigenvalue weighted by Crippen LogP contribution is -2.31. The fourth-order valence-corrected chi connectivity index (χ4v) is 5.13. The summed E-state index contributed by atoms with van der Waals surface area (Å²) in [6.45, 7) is 10.3. The van der Waals surface area contributed by atoms with Crippen LogP contribution in [0, 0.1) is 12.7 Å². The zero-order valence-corrected chi connectivity index (χ0v) is 18.1. The van der Waals surface area contributed by atoms with Crippen molar-refractivity contribution in [2.45, 2.75) is 64.2 Å². The lowest BCUT2D eigenvalue weighted by atomic mass is 9.95. The number of urea groups is 1. The second kappa shape index (κ2) is 7.23. The van der Waals surface area contributed by atoms with E-state index in [2.05, 4.69) is 14.4 Å². The summed E-state index contributed by atoms with van der Waals surface area (Å²) in [7, 11) is -3.51. The number of halogens is 1. The molecule has 2 unspecified atom stereocenters. The maximum Gasteiger partial charge on any atom is 0.355 e. The van der Waals surface area contributed by atoms with Gasteiger partial charge in [0.05, 0.1) is 11.3 Å². The lowest BCUT2D eigenvalue weighted by Gasteiger charge is -2.25. The number of aryl methyl sites for hydroxylation is 1. The van der Waals surface area contributed by atoms with Crippen LogP contribution in [0.15, 0.2) is 32.1 Å². The van der Waals surface area contributed by atoms with Crippen LogP contribution in [0.4, 0.5) is 14.9 Å². The van der Waals surface area contributed by atoms with Crippen molar-refractivity contribution in [1.29, 1.82) is 0 Å². The monoisotopic (exact) mass is 423 g/mol. The number of anilines is 1. The van der Waals surface area contributed by atoms with E-state index in [4.69, 9.17) is 4.42 Å². The molecule has 2 aromatic rings. The molecule has 9 heteroatoms. The van der Waals surface area contributed by atoms with Crippen LogP contribution in [0.3, 0.4) is 0 Å². The van der Waals surface area contributed by atoms with E-state index >= 15 is 0 Å². The number of carbonyl (C=O) groups excluding carboxylic acids is 1. The van der Waals surface area contributed by atoms with Crippen molar-refractivity contribution in [3.63, 3.8) is 0 Å². The maximum absolute atomic E-state index is 14.2. The molecule has 0 spiro atoms. The number of furan rings is 1. The number of aliphatic hydroxyl groups is 1. The van der Waals surface area contributed by atoms with Crippen molar-refractivity contribution in [2.24, 2.45) is 4.36 Å². The summed E-state index contributed by atoms with van der Waals surface area (Å²) in [5, 5.41) is 12.9. The largest absolute Gasteiger partial charge is 0.450 e. The van der Waals surface area contributed by atoms with E-state index in [1.807, 2.05) is 13.8 Å². The highest BCUT2D eigenvalue weighted by molar-refractivity contribution is 7.92. The summed E-state index contributed by atoms with van der Waals surface area (Å²) >= 11 is 0. The molecule has 1 aliphatic rings. The van der Waals surface area contributed by atoms with Crippen LogP contribution in [0.25, 0.3) is 0 Å². The van der Waals surface area contributed by atoms with E-state index in [-0.39, 0.29) is 11.0 Å². The van der Waals surface area contributed by atoms with Crippen molar-refractivity contribution in [3.8, 4) is 0 Å². The third-order valence-corrected chi connectivity index (χ3v) is 6.70. The van der Waals surface area contributed by atoms with Crippen LogP contribution in [0.1, 0.15) is 69.0 Å². The number of benzene rings is 1. The highest BCUT2D eigenvalue weighted by atomic mass is 32.2. The first-order chi connectivity index (χ1) is 13.3. The van der Waals surface area contributed by atoms with Gasteiger partial charge in [-0.1, -0.05) is 13.8 Å². The topological polar surface area (TPSA) is 104 Å². The molecule has 2 atom stereocenters. The van der Waals surface area contributed by atoms with Crippen molar-refractivity contribution >= 4 is 21.6 Å². The Hall–Kier alpha value is -2.23. The summed E-state index contributed by atoms with van der Waals surface area (Å²) < 4.78 is 40.1. The van der Waals surface area contributed by atoms with E-state index in [1.54, 1.807) is 27.7 Å². The number of nitrogens with one attached hydrogen (secondary N) is 2. The van der Waals surface area contributed by atoms with Gasteiger partial charge in [0.1, 0.15) is 11.6 Å². The van der Waals surface area contributed by atoms with Gasteiger partial charge < -0.3 is 14.8 Å². The first kappa shape index (κ1) is 21.5. The third-order valence-electron chi connectivity index (χ3n) is 4.86. The first-order valence-corrected chi connectivity index (χ1v) is 10.9. The number of nitrogens with zero attached hydrogens (tertiary/aromatic N) is 1. The molecular weight excluding hydrogens is 397 g/mol. The van der Waals surface area contributed by atoms with Gasteiger partial charge in [-0.25, -0.2) is 18.1 Å². The van der Waals surface area contributed by atoms with E-state index < -0.39 is 33.4 Å². The molecule has 3 rings (SSSR count). The number of amides is 2. The summed E-state index contributed by atoms with van der Waals surface area (Å²) in [6, 6.07) is 2.68. The minimum absolute atomic E-state index is 0.0437. The zero-order chi connectivity index (χ0) is 21.7. The number of carbonyl (C=O) groups is 1. The molecule has 0 aliphatic carbocycles. The molecule has 29 heavy (non-hydrogen) atoms. The van der Waals surface area contributed by atoms with Crippen LogP contribution in [-0.2, 0) is 15.5 Å². The molecular formula is C20H26FN3O4S. The summed E-state index contributed by atoms with van der Waals surface area (Å²) in [5.41, 5.74) is 0.777. The maximum atomic E-state index is 14.2. The minimum atomic E-state index is -3.51. The Kier molecular flexibility index (Phi) is 5.35. The Balaban J connectivity index is 2.16. The SMILES string of the molecule is Cc1oc(S2(=O)=NC(=O)Nc3c(C(C)C)cc(F)cc3C(C)N2)cc1C(C)(C)O. The van der Waals surface area contributed by atoms with Gasteiger partial charge in [-0.15, -0.1) is 4.36 Å². The molecule has 1 aromatic carbocycles. The Labute approximate surface area is 170 Å². The predicted molar refractivity (Wildman–Crippen MR) is 109 cm³/mol. The molecule has 0 saturated heterocycles. The van der Waals surface area contributed by atoms with Gasteiger partial charge in [-0.2, -0.15) is 0 Å². The van der Waals surface area contributed by atoms with E-state index in [9.17, 15) is 18.5 Å². The van der Waals surface area contributed by atoms with Crippen LogP contribution < -0.4 is 10.0 Å². The summed E-state index contributed by atoms with van der Waals surface area (Å²) in [5.74, 6) is -0.119. The molecule has 7 nitrogen and oxygen atoms in total. The standard InChI is InChI=1S/C20H26FN3O4S/c1-10(2)14-7-13(21)8-15-11(3)23-29(27,24-19(25)22-18(14)15)17-9-16(12(4)28-17)20(5,6)26/h7-11,26H,1-6H3,(H2,22,23,24,25,27). The second-order valence-electron chi connectivity index (χ2n) is 8.10. The highest BCUT2D eigenvalue weighted by Crippen LogP contribution is 2.36. The third kappa shape index (κ3) is 4.08. The molecule has 2 amide bonds. The van der Waals surface area contributed by atoms with Crippen molar-refractivity contribution < 1.29 is 22.9 Å². The molecule has 0 saturated carbocycles. The summed E-state index contributed by atoms with van der Waals surface area (Å²) in [6.07, 6.45) is 0. The van der Waals surface area contributed by atoms with Crippen LogP contribution in [0.5, 0.6) is 0 Å². The Morgan fingerprint density at radius 3 is 2.52 bits per heavy atom. The molecule has 158 valence electrons. The summed E-state index contributed by atoms with van der Waals surface area (Å²) in [4.78, 5) is 12.6. The number of hydrogen-bond acceptors (Lipinski definition) is 4. The first-order valence-electron chi connectivity index (χ1n) is 9.34. The molecule has 1 aromatic heterocycles. The molecule has 1 aliphatic heterocycles. The Bertz CT molecular complexity index is 1090. The van der Waals surface area contributed by atoms with E-state index in [0.717, 1.165) is 0 Å². The van der Waals surface area contributed by atoms with Crippen LogP contribution in [0.2, 0.25) is 0 Å². The van der Waals surface area contributed by atoms with Crippen LogP contribution >= 0.6 is 0 Å². The molecule has 0 radical (unpaired) electrons. The normalized spacial score (nSPS) is 22.5. The van der Waals surface area contributed by atoms with Gasteiger partial charge in [-0.05, 0) is 56.9 Å². The molecule has 3 N–H and O–H groups in total. The Morgan fingerprint density at radius 2 is 1.97 bits per heavy atom.